The molecule has 2 heterocycles. The van der Waals surface area contributed by atoms with Gasteiger partial charge in [-0.1, -0.05) is 12.1 Å². The van der Waals surface area contributed by atoms with Crippen molar-refractivity contribution in [1.29, 1.82) is 0 Å². The first-order valence-corrected chi connectivity index (χ1v) is 6.10. The molecule has 0 aliphatic heterocycles. The maximum absolute atomic E-state index is 13.9. The van der Waals surface area contributed by atoms with E-state index in [1.54, 1.807) is 0 Å². The van der Waals surface area contributed by atoms with E-state index in [4.69, 9.17) is 10.0 Å². The largest absolute Gasteiger partial charge is 0.488 e. The molecule has 0 radical (unpaired) electrons. The smallest absolute Gasteiger partial charge is 0.423 e. The van der Waals surface area contributed by atoms with Gasteiger partial charge in [-0.3, -0.25) is 4.98 Å². The second kappa shape index (κ2) is 5.11. The molecule has 0 saturated carbocycles. The van der Waals surface area contributed by atoms with Crippen molar-refractivity contribution in [3.8, 4) is 0 Å². The van der Waals surface area contributed by atoms with E-state index in [2.05, 4.69) is 10.1 Å². The topological polar surface area (TPSA) is 92.7 Å². The number of benzene rings is 1. The maximum atomic E-state index is 13.9. The van der Waals surface area contributed by atoms with Gasteiger partial charge in [-0.2, -0.15) is 0 Å². The van der Waals surface area contributed by atoms with Crippen LogP contribution in [0.2, 0.25) is 0 Å². The van der Waals surface area contributed by atoms with Gasteiger partial charge in [-0.25, -0.2) is 18.3 Å². The Hall–Kier alpha value is -2.52. The van der Waals surface area contributed by atoms with Gasteiger partial charge in [0, 0.05) is 18.0 Å². The molecule has 0 spiro atoms. The highest BCUT2D eigenvalue weighted by Gasteiger charge is 2.15. The minimum Gasteiger partial charge on any atom is -0.423 e. The van der Waals surface area contributed by atoms with Crippen molar-refractivity contribution in [2.75, 3.05) is 0 Å². The van der Waals surface area contributed by atoms with E-state index in [0.717, 1.165) is 10.7 Å². The summed E-state index contributed by atoms with van der Waals surface area (Å²) in [6.07, 6.45) is 4.36. The quantitative estimate of drug-likeness (QED) is 0.588. The molecule has 3 aromatic rings. The third-order valence-corrected chi connectivity index (χ3v) is 3.08. The van der Waals surface area contributed by atoms with E-state index in [1.807, 2.05) is 0 Å². The van der Waals surface area contributed by atoms with Crippen LogP contribution >= 0.6 is 0 Å². The van der Waals surface area contributed by atoms with Crippen LogP contribution < -0.4 is 11.2 Å². The fraction of sp³-hybridized carbons (Fsp3) is 0.0833. The van der Waals surface area contributed by atoms with Crippen LogP contribution in [0.15, 0.2) is 41.6 Å². The first kappa shape index (κ1) is 13.5. The van der Waals surface area contributed by atoms with Gasteiger partial charge in [0.1, 0.15) is 5.82 Å². The van der Waals surface area contributed by atoms with Crippen molar-refractivity contribution in [1.82, 2.24) is 19.2 Å². The highest BCUT2D eigenvalue weighted by Crippen LogP contribution is 2.07. The summed E-state index contributed by atoms with van der Waals surface area (Å²) in [6, 6.07) is 3.78. The summed E-state index contributed by atoms with van der Waals surface area (Å²) >= 11 is 0. The van der Waals surface area contributed by atoms with E-state index in [-0.39, 0.29) is 17.6 Å². The second-order valence-corrected chi connectivity index (χ2v) is 4.47. The van der Waals surface area contributed by atoms with Crippen molar-refractivity contribution >= 4 is 18.2 Å². The van der Waals surface area contributed by atoms with Gasteiger partial charge >= 0.3 is 12.8 Å². The van der Waals surface area contributed by atoms with Gasteiger partial charge in [0.25, 0.3) is 0 Å². The SMILES string of the molecule is O=c1n(Cc2ccc(B(O)O)cc2F)nc2cnccn12. The number of rotatable bonds is 3. The second-order valence-electron chi connectivity index (χ2n) is 4.47. The normalized spacial score (nSPS) is 11.0. The molecule has 0 amide bonds. The number of hydrogen-bond donors (Lipinski definition) is 2. The molecule has 0 unspecified atom stereocenters. The molecule has 1 aromatic carbocycles. The molecule has 0 aliphatic carbocycles. The fourth-order valence-electron chi connectivity index (χ4n) is 2.00. The Bertz CT molecular complexity index is 861. The average Bonchev–Trinajstić information content (AvgIpc) is 2.78. The zero-order chi connectivity index (χ0) is 15.0. The summed E-state index contributed by atoms with van der Waals surface area (Å²) < 4.78 is 16.3. The molecule has 9 heteroatoms. The van der Waals surface area contributed by atoms with Gasteiger partial charge in [-0.15, -0.1) is 5.10 Å². The van der Waals surface area contributed by atoms with E-state index in [9.17, 15) is 9.18 Å². The lowest BCUT2D eigenvalue weighted by molar-refractivity contribution is 0.425. The van der Waals surface area contributed by atoms with Gasteiger partial charge < -0.3 is 10.0 Å². The number of nitrogens with zero attached hydrogens (tertiary/aromatic N) is 4. The minimum atomic E-state index is -1.74. The summed E-state index contributed by atoms with van der Waals surface area (Å²) in [5, 5.41) is 22.0. The van der Waals surface area contributed by atoms with Gasteiger partial charge in [0.15, 0.2) is 5.65 Å². The Morgan fingerprint density at radius 3 is 2.81 bits per heavy atom. The average molecular weight is 288 g/mol. The van der Waals surface area contributed by atoms with Crippen molar-refractivity contribution in [2.45, 2.75) is 6.54 Å². The summed E-state index contributed by atoms with van der Waals surface area (Å²) in [5.74, 6) is -0.636. The first-order chi connectivity index (χ1) is 10.1. The zero-order valence-electron chi connectivity index (χ0n) is 10.7. The van der Waals surface area contributed by atoms with Crippen LogP contribution in [0, 0.1) is 5.82 Å². The molecule has 0 atom stereocenters. The Balaban J connectivity index is 1.99. The molecule has 0 saturated heterocycles. The van der Waals surface area contributed by atoms with Crippen LogP contribution in [0.25, 0.3) is 5.65 Å². The highest BCUT2D eigenvalue weighted by molar-refractivity contribution is 6.58. The lowest BCUT2D eigenvalue weighted by Crippen LogP contribution is -2.30. The van der Waals surface area contributed by atoms with Crippen LogP contribution in [0.1, 0.15) is 5.56 Å². The molecule has 106 valence electrons. The molecule has 0 bridgehead atoms. The van der Waals surface area contributed by atoms with Crippen LogP contribution in [-0.2, 0) is 6.54 Å². The molecule has 2 N–H and O–H groups in total. The molecular weight excluding hydrogens is 278 g/mol. The van der Waals surface area contributed by atoms with Crippen LogP contribution in [0.3, 0.4) is 0 Å². The zero-order valence-corrected chi connectivity index (χ0v) is 10.7. The maximum Gasteiger partial charge on any atom is 0.488 e. The molecular formula is C12H10BFN4O3. The minimum absolute atomic E-state index is 0.0443. The van der Waals surface area contributed by atoms with Crippen molar-refractivity contribution in [3.05, 3.63) is 58.7 Å². The third kappa shape index (κ3) is 2.44. The number of halogens is 1. The summed E-state index contributed by atoms with van der Waals surface area (Å²) in [7, 11) is -1.74. The van der Waals surface area contributed by atoms with E-state index < -0.39 is 18.6 Å². The first-order valence-electron chi connectivity index (χ1n) is 6.10. The number of aromatic nitrogens is 4. The molecule has 3 rings (SSSR count). The van der Waals surface area contributed by atoms with Crippen LogP contribution in [0.4, 0.5) is 4.39 Å². The van der Waals surface area contributed by atoms with E-state index in [1.165, 1.54) is 35.1 Å². The Kier molecular flexibility index (Phi) is 3.28. The predicted molar refractivity (Wildman–Crippen MR) is 72.6 cm³/mol. The molecule has 7 nitrogen and oxygen atoms in total. The lowest BCUT2D eigenvalue weighted by Gasteiger charge is -2.05. The number of hydrogen-bond acceptors (Lipinski definition) is 5. The lowest BCUT2D eigenvalue weighted by atomic mass is 9.80. The van der Waals surface area contributed by atoms with E-state index >= 15 is 0 Å². The predicted octanol–water partition coefficient (Wildman–Crippen LogP) is -1.24. The summed E-state index contributed by atoms with van der Waals surface area (Å²) in [5.41, 5.74) is 0.226. The van der Waals surface area contributed by atoms with Crippen LogP contribution in [-0.4, -0.2) is 36.3 Å². The van der Waals surface area contributed by atoms with Crippen molar-refractivity contribution in [3.63, 3.8) is 0 Å². The monoisotopic (exact) mass is 288 g/mol. The molecule has 21 heavy (non-hydrogen) atoms. The summed E-state index contributed by atoms with van der Waals surface area (Å²) in [6.45, 7) is -0.0614. The molecule has 0 fully saturated rings. The highest BCUT2D eigenvalue weighted by atomic mass is 19.1. The Labute approximate surface area is 118 Å². The van der Waals surface area contributed by atoms with Gasteiger partial charge in [0.05, 0.1) is 12.7 Å². The van der Waals surface area contributed by atoms with Gasteiger partial charge in [-0.05, 0) is 11.5 Å². The third-order valence-electron chi connectivity index (χ3n) is 3.08. The van der Waals surface area contributed by atoms with Crippen molar-refractivity contribution in [2.24, 2.45) is 0 Å². The fourth-order valence-corrected chi connectivity index (χ4v) is 2.00. The molecule has 2 aromatic heterocycles. The van der Waals surface area contributed by atoms with E-state index in [0.29, 0.717) is 5.65 Å². The molecule has 0 aliphatic rings. The van der Waals surface area contributed by atoms with Crippen LogP contribution in [0.5, 0.6) is 0 Å². The Morgan fingerprint density at radius 2 is 2.14 bits per heavy atom. The van der Waals surface area contributed by atoms with Gasteiger partial charge in [0.2, 0.25) is 0 Å². The van der Waals surface area contributed by atoms with Crippen molar-refractivity contribution < 1.29 is 14.4 Å². The summed E-state index contributed by atoms with van der Waals surface area (Å²) in [4.78, 5) is 15.9. The standard InChI is InChI=1S/C12H10BFN4O3/c14-10-5-9(13(20)21)2-1-8(10)7-18-12(19)17-4-3-15-6-11(17)16-18/h1-6,20-21H,7H2. The number of fused-ring (bicyclic) bond motifs is 1. The Morgan fingerprint density at radius 1 is 1.33 bits per heavy atom.